The van der Waals surface area contributed by atoms with Gasteiger partial charge in [-0.25, -0.2) is 0 Å². The lowest BCUT2D eigenvalue weighted by Gasteiger charge is -2.23. The molecule has 0 aromatic carbocycles. The van der Waals surface area contributed by atoms with Crippen molar-refractivity contribution in [2.24, 2.45) is 5.92 Å². The minimum absolute atomic E-state index is 0.139. The highest BCUT2D eigenvalue weighted by atomic mass is 16.3. The normalized spacial score (nSPS) is 15.8. The van der Waals surface area contributed by atoms with Crippen LogP contribution in [0.1, 0.15) is 32.4 Å². The maximum absolute atomic E-state index is 9.16. The van der Waals surface area contributed by atoms with Gasteiger partial charge in [-0.05, 0) is 18.9 Å². The van der Waals surface area contributed by atoms with Gasteiger partial charge in [0.1, 0.15) is 0 Å². The average molecular weight is 197 g/mol. The van der Waals surface area contributed by atoms with E-state index in [1.807, 2.05) is 6.07 Å². The number of hydrogen-bond acceptors (Lipinski definition) is 3. The molecule has 14 heavy (non-hydrogen) atoms. The fraction of sp³-hybridized carbons (Fsp3) is 0.636. The van der Waals surface area contributed by atoms with Gasteiger partial charge in [-0.2, -0.15) is 0 Å². The Kier molecular flexibility index (Phi) is 4.17. The lowest BCUT2D eigenvalue weighted by atomic mass is 10.0. The highest BCUT2D eigenvalue weighted by molar-refractivity contribution is 5.10. The molecule has 0 saturated heterocycles. The molecular formula is C11H19NO2. The van der Waals surface area contributed by atoms with Crippen LogP contribution >= 0.6 is 0 Å². The molecule has 80 valence electrons. The van der Waals surface area contributed by atoms with E-state index < -0.39 is 0 Å². The Hall–Kier alpha value is -0.800. The Morgan fingerprint density at radius 1 is 1.43 bits per heavy atom. The van der Waals surface area contributed by atoms with Gasteiger partial charge in [0.15, 0.2) is 0 Å². The Morgan fingerprint density at radius 3 is 2.57 bits per heavy atom. The third-order valence-corrected chi connectivity index (χ3v) is 2.51. The molecule has 1 unspecified atom stereocenters. The number of hydrogen-bond donors (Lipinski definition) is 2. The molecule has 3 heteroatoms. The molecule has 0 aliphatic rings. The van der Waals surface area contributed by atoms with Crippen LogP contribution in [0.5, 0.6) is 0 Å². The molecule has 0 bridgehead atoms. The van der Waals surface area contributed by atoms with E-state index in [0.717, 1.165) is 5.56 Å². The predicted octanol–water partition coefficient (Wildman–Crippen LogP) is 1.95. The third-order valence-electron chi connectivity index (χ3n) is 2.51. The first kappa shape index (κ1) is 11.3. The zero-order valence-electron chi connectivity index (χ0n) is 9.03. The summed E-state index contributed by atoms with van der Waals surface area (Å²) in [5.74, 6) is 0.425. The van der Waals surface area contributed by atoms with Gasteiger partial charge in [0.25, 0.3) is 0 Å². The van der Waals surface area contributed by atoms with Gasteiger partial charge in [0, 0.05) is 17.6 Å². The molecule has 0 spiro atoms. The summed E-state index contributed by atoms with van der Waals surface area (Å²) in [6, 6.07) is 2.29. The lowest BCUT2D eigenvalue weighted by molar-refractivity contribution is 0.201. The standard InChI is InChI=1S/C11H19NO2/c1-8(2)11(6-13)12-9(3)10-4-5-14-7-10/h4-5,7-9,11-13H,6H2,1-3H3/t9?,11-/m1/s1. The van der Waals surface area contributed by atoms with E-state index in [4.69, 9.17) is 9.52 Å². The van der Waals surface area contributed by atoms with E-state index in [1.165, 1.54) is 0 Å². The summed E-state index contributed by atoms with van der Waals surface area (Å²) >= 11 is 0. The van der Waals surface area contributed by atoms with Crippen molar-refractivity contribution in [1.82, 2.24) is 5.32 Å². The second kappa shape index (κ2) is 5.17. The first-order chi connectivity index (χ1) is 6.65. The topological polar surface area (TPSA) is 45.4 Å². The summed E-state index contributed by atoms with van der Waals surface area (Å²) in [5, 5.41) is 12.5. The molecule has 1 aromatic heterocycles. The van der Waals surface area contributed by atoms with Crippen LogP contribution in [-0.2, 0) is 0 Å². The fourth-order valence-electron chi connectivity index (χ4n) is 1.39. The van der Waals surface area contributed by atoms with Gasteiger partial charge in [-0.15, -0.1) is 0 Å². The van der Waals surface area contributed by atoms with E-state index in [1.54, 1.807) is 12.5 Å². The Balaban J connectivity index is 2.51. The number of aliphatic hydroxyl groups excluding tert-OH is 1. The minimum Gasteiger partial charge on any atom is -0.472 e. The molecule has 0 fully saturated rings. The Labute approximate surface area is 85.1 Å². The molecule has 0 amide bonds. The largest absolute Gasteiger partial charge is 0.472 e. The van der Waals surface area contributed by atoms with Crippen molar-refractivity contribution in [2.75, 3.05) is 6.61 Å². The van der Waals surface area contributed by atoms with E-state index >= 15 is 0 Å². The van der Waals surface area contributed by atoms with Crippen LogP contribution in [0.3, 0.4) is 0 Å². The summed E-state index contributed by atoms with van der Waals surface area (Å²) in [6.45, 7) is 6.42. The molecule has 0 saturated carbocycles. The van der Waals surface area contributed by atoms with Crippen molar-refractivity contribution < 1.29 is 9.52 Å². The smallest absolute Gasteiger partial charge is 0.0950 e. The van der Waals surface area contributed by atoms with Crippen molar-refractivity contribution in [3.63, 3.8) is 0 Å². The molecule has 1 aromatic rings. The zero-order valence-corrected chi connectivity index (χ0v) is 9.03. The molecule has 2 atom stereocenters. The summed E-state index contributed by atoms with van der Waals surface area (Å²) < 4.78 is 5.01. The molecule has 0 radical (unpaired) electrons. The van der Waals surface area contributed by atoms with Gasteiger partial charge < -0.3 is 14.8 Å². The van der Waals surface area contributed by atoms with Crippen LogP contribution in [0.4, 0.5) is 0 Å². The van der Waals surface area contributed by atoms with E-state index in [0.29, 0.717) is 5.92 Å². The Morgan fingerprint density at radius 2 is 2.14 bits per heavy atom. The SMILES string of the molecule is CC(N[C@H](CO)C(C)C)c1ccoc1. The second-order valence-corrected chi connectivity index (χ2v) is 3.98. The maximum Gasteiger partial charge on any atom is 0.0950 e. The highest BCUT2D eigenvalue weighted by Crippen LogP contribution is 2.14. The summed E-state index contributed by atoms with van der Waals surface area (Å²) in [7, 11) is 0. The molecule has 3 nitrogen and oxygen atoms in total. The first-order valence-corrected chi connectivity index (χ1v) is 5.04. The lowest BCUT2D eigenvalue weighted by Crippen LogP contribution is -2.38. The van der Waals surface area contributed by atoms with Crippen molar-refractivity contribution in [1.29, 1.82) is 0 Å². The fourth-order valence-corrected chi connectivity index (χ4v) is 1.39. The second-order valence-electron chi connectivity index (χ2n) is 3.98. The average Bonchev–Trinajstić information content (AvgIpc) is 2.65. The summed E-state index contributed by atoms with van der Waals surface area (Å²) in [5.41, 5.74) is 1.11. The predicted molar refractivity (Wildman–Crippen MR) is 56.0 cm³/mol. The van der Waals surface area contributed by atoms with Crippen molar-refractivity contribution in [3.8, 4) is 0 Å². The van der Waals surface area contributed by atoms with E-state index in [2.05, 4.69) is 26.1 Å². The number of nitrogens with one attached hydrogen (secondary N) is 1. The van der Waals surface area contributed by atoms with Crippen molar-refractivity contribution in [3.05, 3.63) is 24.2 Å². The van der Waals surface area contributed by atoms with Crippen LogP contribution in [0.25, 0.3) is 0 Å². The van der Waals surface area contributed by atoms with Crippen LogP contribution in [0.15, 0.2) is 23.0 Å². The molecule has 1 heterocycles. The zero-order chi connectivity index (χ0) is 10.6. The van der Waals surface area contributed by atoms with Crippen LogP contribution in [0, 0.1) is 5.92 Å². The van der Waals surface area contributed by atoms with Crippen molar-refractivity contribution in [2.45, 2.75) is 32.9 Å². The number of aliphatic hydroxyl groups is 1. The van der Waals surface area contributed by atoms with Crippen LogP contribution in [0.2, 0.25) is 0 Å². The Bertz CT molecular complexity index is 244. The summed E-state index contributed by atoms with van der Waals surface area (Å²) in [6.07, 6.45) is 3.39. The molecule has 2 N–H and O–H groups in total. The first-order valence-electron chi connectivity index (χ1n) is 5.04. The molecule has 1 rings (SSSR count). The van der Waals surface area contributed by atoms with Gasteiger partial charge in [-0.3, -0.25) is 0 Å². The van der Waals surface area contributed by atoms with Crippen LogP contribution in [-0.4, -0.2) is 17.8 Å². The molecule has 0 aliphatic heterocycles. The van der Waals surface area contributed by atoms with Gasteiger partial charge >= 0.3 is 0 Å². The maximum atomic E-state index is 9.16. The van der Waals surface area contributed by atoms with Gasteiger partial charge in [0.2, 0.25) is 0 Å². The van der Waals surface area contributed by atoms with Crippen molar-refractivity contribution >= 4 is 0 Å². The molecule has 0 aliphatic carbocycles. The van der Waals surface area contributed by atoms with Gasteiger partial charge in [0.05, 0.1) is 19.1 Å². The van der Waals surface area contributed by atoms with E-state index in [-0.39, 0.29) is 18.7 Å². The molecular weight excluding hydrogens is 178 g/mol. The monoisotopic (exact) mass is 197 g/mol. The highest BCUT2D eigenvalue weighted by Gasteiger charge is 2.15. The minimum atomic E-state index is 0.139. The number of furan rings is 1. The third kappa shape index (κ3) is 2.86. The van der Waals surface area contributed by atoms with Gasteiger partial charge in [-0.1, -0.05) is 13.8 Å². The summed E-state index contributed by atoms with van der Waals surface area (Å²) in [4.78, 5) is 0. The quantitative estimate of drug-likeness (QED) is 0.758. The van der Waals surface area contributed by atoms with Crippen LogP contribution < -0.4 is 5.32 Å². The van der Waals surface area contributed by atoms with E-state index in [9.17, 15) is 0 Å². The number of rotatable bonds is 5.